The molecule has 1 N–H and O–H groups in total. The van der Waals surface area contributed by atoms with Gasteiger partial charge in [0.1, 0.15) is 5.69 Å². The molecule has 26 heavy (non-hydrogen) atoms. The number of hydrogen-bond donors (Lipinski definition) is 1. The zero-order valence-electron chi connectivity index (χ0n) is 14.6. The molecule has 0 fully saturated rings. The van der Waals surface area contributed by atoms with Crippen LogP contribution in [0.25, 0.3) is 0 Å². The van der Waals surface area contributed by atoms with Crippen molar-refractivity contribution in [2.75, 3.05) is 16.2 Å². The quantitative estimate of drug-likeness (QED) is 0.757. The minimum Gasteiger partial charge on any atom is -0.360 e. The Kier molecular flexibility index (Phi) is 3.96. The molecule has 3 aromatic rings. The third kappa shape index (κ3) is 2.74. The van der Waals surface area contributed by atoms with E-state index in [0.29, 0.717) is 11.4 Å². The van der Waals surface area contributed by atoms with Crippen LogP contribution in [-0.4, -0.2) is 20.1 Å². The van der Waals surface area contributed by atoms with E-state index in [2.05, 4.69) is 26.9 Å². The van der Waals surface area contributed by atoms with E-state index in [9.17, 15) is 8.42 Å². The minimum absolute atomic E-state index is 0.0918. The molecule has 0 spiro atoms. The first kappa shape index (κ1) is 16.7. The van der Waals surface area contributed by atoms with Gasteiger partial charge in [-0.25, -0.2) is 8.42 Å². The molecular formula is C19H19N3O3S. The molecule has 2 aromatic carbocycles. The largest absolute Gasteiger partial charge is 0.360 e. The van der Waals surface area contributed by atoms with Gasteiger partial charge in [-0.05, 0) is 44.0 Å². The molecule has 0 bridgehead atoms. The van der Waals surface area contributed by atoms with Crippen LogP contribution < -0.4 is 9.62 Å². The van der Waals surface area contributed by atoms with Crippen molar-refractivity contribution in [1.29, 1.82) is 0 Å². The fourth-order valence-corrected chi connectivity index (χ4v) is 4.84. The average molecular weight is 369 g/mol. The molecule has 1 aliphatic heterocycles. The zero-order chi connectivity index (χ0) is 18.3. The van der Waals surface area contributed by atoms with Crippen molar-refractivity contribution in [1.82, 2.24) is 5.16 Å². The Bertz CT molecular complexity index is 1050. The number of rotatable bonds is 4. The summed E-state index contributed by atoms with van der Waals surface area (Å²) in [5.41, 5.74) is 4.07. The third-order valence-corrected chi connectivity index (χ3v) is 6.17. The van der Waals surface area contributed by atoms with Gasteiger partial charge in [-0.2, -0.15) is 0 Å². The lowest BCUT2D eigenvalue weighted by atomic mass is 10.2. The molecule has 0 amide bonds. The summed E-state index contributed by atoms with van der Waals surface area (Å²) in [6, 6.07) is 15.6. The van der Waals surface area contributed by atoms with Gasteiger partial charge in [0.25, 0.3) is 10.0 Å². The number of anilines is 3. The fraction of sp³-hybridized carbons (Fsp3) is 0.211. The molecule has 0 radical (unpaired) electrons. The summed E-state index contributed by atoms with van der Waals surface area (Å²) in [5.74, 6) is 0.277. The summed E-state index contributed by atoms with van der Waals surface area (Å²) in [6.07, 6.45) is 0.932. The van der Waals surface area contributed by atoms with Crippen LogP contribution in [0.15, 0.2) is 57.9 Å². The number of para-hydroxylation sites is 3. The molecule has 2 heterocycles. The van der Waals surface area contributed by atoms with E-state index >= 15 is 0 Å². The van der Waals surface area contributed by atoms with Crippen molar-refractivity contribution < 1.29 is 12.9 Å². The lowest BCUT2D eigenvalue weighted by Gasteiger charge is -2.23. The molecule has 0 saturated heterocycles. The first-order chi connectivity index (χ1) is 12.5. The van der Waals surface area contributed by atoms with Crippen molar-refractivity contribution in [3.63, 3.8) is 0 Å². The zero-order valence-corrected chi connectivity index (χ0v) is 15.4. The number of nitrogens with one attached hydrogen (secondary N) is 1. The van der Waals surface area contributed by atoms with E-state index in [1.54, 1.807) is 19.9 Å². The maximum absolute atomic E-state index is 12.9. The maximum atomic E-state index is 12.9. The van der Waals surface area contributed by atoms with E-state index in [1.165, 1.54) is 5.56 Å². The number of hydrogen-bond acceptors (Lipinski definition) is 5. The van der Waals surface area contributed by atoms with Crippen LogP contribution in [0.1, 0.15) is 17.0 Å². The van der Waals surface area contributed by atoms with Gasteiger partial charge in [0.05, 0.1) is 11.4 Å². The summed E-state index contributed by atoms with van der Waals surface area (Å²) in [4.78, 5) is 2.23. The Morgan fingerprint density at radius 3 is 2.46 bits per heavy atom. The SMILES string of the molecule is Cc1noc(C)c1S(=O)(=O)Nc1ccccc1N1CCc2ccccc21. The second-order valence-electron chi connectivity index (χ2n) is 6.31. The van der Waals surface area contributed by atoms with Crippen molar-refractivity contribution in [3.8, 4) is 0 Å². The second-order valence-corrected chi connectivity index (χ2v) is 7.93. The molecule has 0 atom stereocenters. The molecule has 1 aliphatic rings. The van der Waals surface area contributed by atoms with Crippen molar-refractivity contribution in [3.05, 3.63) is 65.5 Å². The second kappa shape index (κ2) is 6.17. The smallest absolute Gasteiger partial charge is 0.267 e. The predicted molar refractivity (Wildman–Crippen MR) is 100 cm³/mol. The molecular weight excluding hydrogens is 350 g/mol. The molecule has 0 aliphatic carbocycles. The summed E-state index contributed by atoms with van der Waals surface area (Å²) < 4.78 is 33.5. The van der Waals surface area contributed by atoms with Gasteiger partial charge in [0.2, 0.25) is 0 Å². The van der Waals surface area contributed by atoms with E-state index < -0.39 is 10.0 Å². The van der Waals surface area contributed by atoms with Gasteiger partial charge in [-0.15, -0.1) is 0 Å². The van der Waals surface area contributed by atoms with Crippen LogP contribution >= 0.6 is 0 Å². The molecule has 0 saturated carbocycles. The summed E-state index contributed by atoms with van der Waals surface area (Å²) in [7, 11) is -3.79. The van der Waals surface area contributed by atoms with E-state index in [1.807, 2.05) is 30.3 Å². The summed E-state index contributed by atoms with van der Waals surface area (Å²) in [6.45, 7) is 4.02. The molecule has 6 nitrogen and oxygen atoms in total. The van der Waals surface area contributed by atoms with Crippen LogP contribution in [0.5, 0.6) is 0 Å². The van der Waals surface area contributed by atoms with Crippen LogP contribution in [-0.2, 0) is 16.4 Å². The Balaban J connectivity index is 1.74. The molecule has 4 rings (SSSR count). The standard InChI is InChI=1S/C19H19N3O3S/c1-13-19(14(2)25-20-13)26(23,24)21-16-8-4-6-10-18(16)22-12-11-15-7-3-5-9-17(15)22/h3-10,21H,11-12H2,1-2H3. The highest BCUT2D eigenvalue weighted by Gasteiger charge is 2.27. The predicted octanol–water partition coefficient (Wildman–Crippen LogP) is 3.79. The number of aromatic nitrogens is 1. The fourth-order valence-electron chi connectivity index (χ4n) is 3.44. The summed E-state index contributed by atoms with van der Waals surface area (Å²) >= 11 is 0. The lowest BCUT2D eigenvalue weighted by molar-refractivity contribution is 0.390. The molecule has 134 valence electrons. The first-order valence-electron chi connectivity index (χ1n) is 8.37. The lowest BCUT2D eigenvalue weighted by Crippen LogP contribution is -2.19. The van der Waals surface area contributed by atoms with Crippen molar-refractivity contribution in [2.24, 2.45) is 0 Å². The van der Waals surface area contributed by atoms with Gasteiger partial charge in [0.15, 0.2) is 10.7 Å². The monoisotopic (exact) mass is 369 g/mol. The molecule has 7 heteroatoms. The van der Waals surface area contributed by atoms with Crippen molar-refractivity contribution >= 4 is 27.1 Å². The third-order valence-electron chi connectivity index (χ3n) is 4.56. The van der Waals surface area contributed by atoms with Gasteiger partial charge in [-0.1, -0.05) is 35.5 Å². The number of benzene rings is 2. The van der Waals surface area contributed by atoms with E-state index in [0.717, 1.165) is 24.3 Å². The van der Waals surface area contributed by atoms with Crippen LogP contribution in [0.4, 0.5) is 17.1 Å². The van der Waals surface area contributed by atoms with Gasteiger partial charge < -0.3 is 9.42 Å². The van der Waals surface area contributed by atoms with Gasteiger partial charge in [-0.3, -0.25) is 4.72 Å². The highest BCUT2D eigenvalue weighted by atomic mass is 32.2. The summed E-state index contributed by atoms with van der Waals surface area (Å²) in [5, 5.41) is 3.75. The number of aryl methyl sites for hydroxylation is 2. The normalized spacial score (nSPS) is 13.7. The minimum atomic E-state index is -3.79. The maximum Gasteiger partial charge on any atom is 0.267 e. The van der Waals surface area contributed by atoms with Gasteiger partial charge in [0, 0.05) is 12.2 Å². The van der Waals surface area contributed by atoms with Gasteiger partial charge >= 0.3 is 0 Å². The Labute approximate surface area is 152 Å². The average Bonchev–Trinajstić information content (AvgIpc) is 3.18. The highest BCUT2D eigenvalue weighted by Crippen LogP contribution is 2.39. The van der Waals surface area contributed by atoms with Crippen LogP contribution in [0.3, 0.4) is 0 Å². The number of sulfonamides is 1. The Morgan fingerprint density at radius 1 is 1.04 bits per heavy atom. The Hall–Kier alpha value is -2.80. The van der Waals surface area contributed by atoms with Crippen LogP contribution in [0.2, 0.25) is 0 Å². The number of fused-ring (bicyclic) bond motifs is 1. The molecule has 0 unspecified atom stereocenters. The van der Waals surface area contributed by atoms with Crippen LogP contribution in [0, 0.1) is 13.8 Å². The van der Waals surface area contributed by atoms with Crippen molar-refractivity contribution in [2.45, 2.75) is 25.2 Å². The topological polar surface area (TPSA) is 75.4 Å². The molecule has 1 aromatic heterocycles. The van der Waals surface area contributed by atoms with E-state index in [-0.39, 0.29) is 10.7 Å². The Morgan fingerprint density at radius 2 is 1.73 bits per heavy atom. The van der Waals surface area contributed by atoms with E-state index in [4.69, 9.17) is 4.52 Å². The highest BCUT2D eigenvalue weighted by molar-refractivity contribution is 7.92. The first-order valence-corrected chi connectivity index (χ1v) is 9.86. The number of nitrogens with zero attached hydrogens (tertiary/aromatic N) is 2.